The molecule has 10 heteroatoms. The van der Waals surface area contributed by atoms with E-state index in [-0.39, 0.29) is 11.6 Å². The van der Waals surface area contributed by atoms with Gasteiger partial charge in [-0.3, -0.25) is 9.20 Å². The van der Waals surface area contributed by atoms with Gasteiger partial charge in [0.2, 0.25) is 0 Å². The average Bonchev–Trinajstić information content (AvgIpc) is 3.15. The van der Waals surface area contributed by atoms with Crippen molar-refractivity contribution in [3.8, 4) is 22.8 Å². The predicted molar refractivity (Wildman–Crippen MR) is 117 cm³/mol. The molecule has 0 aliphatic rings. The smallest absolute Gasteiger partial charge is 0.422 e. The number of hydrogen-bond donors (Lipinski definition) is 1. The first-order valence-electron chi connectivity index (χ1n) is 10.2. The average molecular weight is 473 g/mol. The lowest BCUT2D eigenvalue weighted by atomic mass is 10.1. The van der Waals surface area contributed by atoms with E-state index in [4.69, 9.17) is 9.47 Å². The molecule has 0 bridgehead atoms. The van der Waals surface area contributed by atoms with E-state index >= 15 is 0 Å². The molecule has 2 aromatic carbocycles. The van der Waals surface area contributed by atoms with E-state index in [1.165, 1.54) is 47.0 Å². The minimum atomic E-state index is -4.46. The molecule has 1 atom stereocenters. The molecule has 6 nitrogen and oxygen atoms in total. The first-order valence-corrected chi connectivity index (χ1v) is 10.2. The molecule has 0 aliphatic carbocycles. The lowest BCUT2D eigenvalue weighted by Crippen LogP contribution is -2.30. The van der Waals surface area contributed by atoms with Crippen LogP contribution in [0.15, 0.2) is 72.9 Å². The van der Waals surface area contributed by atoms with Crippen LogP contribution < -0.4 is 14.8 Å². The number of halogens is 4. The Bertz CT molecular complexity index is 1290. The first kappa shape index (κ1) is 23.1. The van der Waals surface area contributed by atoms with Gasteiger partial charge in [-0.25, -0.2) is 9.37 Å². The molecular formula is C24H19F4N3O3. The number of amides is 1. The normalized spacial score (nSPS) is 12.4. The van der Waals surface area contributed by atoms with Crippen LogP contribution in [0.5, 0.6) is 11.5 Å². The Morgan fingerprint density at radius 1 is 1.03 bits per heavy atom. The molecule has 0 saturated carbocycles. The highest BCUT2D eigenvalue weighted by atomic mass is 19.4. The maximum atomic E-state index is 14.0. The molecule has 0 aliphatic heterocycles. The number of benzene rings is 2. The van der Waals surface area contributed by atoms with Crippen LogP contribution in [-0.2, 0) is 4.79 Å². The topological polar surface area (TPSA) is 64.9 Å². The van der Waals surface area contributed by atoms with Crippen LogP contribution >= 0.6 is 0 Å². The summed E-state index contributed by atoms with van der Waals surface area (Å²) in [7, 11) is 0. The Hall–Kier alpha value is -4.08. The van der Waals surface area contributed by atoms with Crippen molar-refractivity contribution < 1.29 is 31.8 Å². The Labute approximate surface area is 191 Å². The van der Waals surface area contributed by atoms with E-state index in [0.717, 1.165) is 0 Å². The quantitative estimate of drug-likeness (QED) is 0.361. The van der Waals surface area contributed by atoms with Crippen LogP contribution in [0.25, 0.3) is 16.9 Å². The van der Waals surface area contributed by atoms with Crippen molar-refractivity contribution in [2.24, 2.45) is 0 Å². The number of fused-ring (bicyclic) bond motifs is 1. The minimum absolute atomic E-state index is 0.0107. The third kappa shape index (κ3) is 5.45. The molecule has 0 radical (unpaired) electrons. The summed E-state index contributed by atoms with van der Waals surface area (Å²) in [5.74, 6) is -0.356. The number of carbonyl (C=O) groups excluding carboxylic acids is 1. The molecule has 0 saturated heterocycles. The molecule has 4 aromatic rings. The van der Waals surface area contributed by atoms with Crippen LogP contribution in [-0.4, -0.2) is 34.2 Å². The third-order valence-corrected chi connectivity index (χ3v) is 4.78. The van der Waals surface area contributed by atoms with Gasteiger partial charge in [0, 0.05) is 11.8 Å². The van der Waals surface area contributed by atoms with Crippen molar-refractivity contribution >= 4 is 17.4 Å². The second-order valence-corrected chi connectivity index (χ2v) is 7.38. The van der Waals surface area contributed by atoms with E-state index in [1.54, 1.807) is 31.2 Å². The van der Waals surface area contributed by atoms with Gasteiger partial charge in [-0.2, -0.15) is 13.2 Å². The van der Waals surface area contributed by atoms with E-state index in [2.05, 4.69) is 10.3 Å². The molecule has 1 N–H and O–H groups in total. The van der Waals surface area contributed by atoms with Crippen LogP contribution in [0.3, 0.4) is 0 Å². The molecule has 176 valence electrons. The fourth-order valence-electron chi connectivity index (χ4n) is 3.23. The molecule has 1 amide bonds. The highest BCUT2D eigenvalue weighted by Gasteiger charge is 2.28. The maximum Gasteiger partial charge on any atom is 0.422 e. The summed E-state index contributed by atoms with van der Waals surface area (Å²) >= 11 is 0. The largest absolute Gasteiger partial charge is 0.484 e. The summed E-state index contributed by atoms with van der Waals surface area (Å²) in [6.45, 7) is 0.151. The molecule has 0 spiro atoms. The molecule has 0 fully saturated rings. The van der Waals surface area contributed by atoms with Gasteiger partial charge >= 0.3 is 6.18 Å². The summed E-state index contributed by atoms with van der Waals surface area (Å²) in [6.07, 6.45) is -4.13. The van der Waals surface area contributed by atoms with Gasteiger partial charge in [0.15, 0.2) is 18.5 Å². The Balaban J connectivity index is 1.62. The lowest BCUT2D eigenvalue weighted by molar-refractivity contribution is -0.153. The van der Waals surface area contributed by atoms with Crippen molar-refractivity contribution in [3.05, 3.63) is 78.7 Å². The van der Waals surface area contributed by atoms with Gasteiger partial charge in [-0.1, -0.05) is 18.2 Å². The summed E-state index contributed by atoms with van der Waals surface area (Å²) in [5.41, 5.74) is 1.18. The van der Waals surface area contributed by atoms with Crippen molar-refractivity contribution in [2.75, 3.05) is 11.9 Å². The van der Waals surface area contributed by atoms with Crippen molar-refractivity contribution in [3.63, 3.8) is 0 Å². The molecule has 1 unspecified atom stereocenters. The number of imidazole rings is 1. The second-order valence-electron chi connectivity index (χ2n) is 7.38. The number of nitrogens with zero attached hydrogens (tertiary/aromatic N) is 2. The van der Waals surface area contributed by atoms with Crippen LogP contribution in [0.1, 0.15) is 6.92 Å². The summed E-state index contributed by atoms with van der Waals surface area (Å²) in [5, 5.41) is 2.70. The van der Waals surface area contributed by atoms with Crippen LogP contribution in [0.2, 0.25) is 0 Å². The number of hydrogen-bond acceptors (Lipinski definition) is 4. The van der Waals surface area contributed by atoms with E-state index in [9.17, 15) is 22.4 Å². The van der Waals surface area contributed by atoms with Crippen molar-refractivity contribution in [1.29, 1.82) is 0 Å². The molecule has 2 heterocycles. The Kier molecular flexibility index (Phi) is 6.40. The number of alkyl halides is 3. The monoisotopic (exact) mass is 473 g/mol. The predicted octanol–water partition coefficient (Wildman–Crippen LogP) is 5.49. The zero-order valence-corrected chi connectivity index (χ0v) is 17.8. The number of carbonyl (C=O) groups is 1. The van der Waals surface area contributed by atoms with Gasteiger partial charge < -0.3 is 14.8 Å². The Morgan fingerprint density at radius 3 is 2.41 bits per heavy atom. The highest BCUT2D eigenvalue weighted by Crippen LogP contribution is 2.31. The molecular weight excluding hydrogens is 454 g/mol. The number of ether oxygens (including phenoxy) is 2. The zero-order valence-electron chi connectivity index (χ0n) is 17.8. The zero-order chi connectivity index (χ0) is 24.3. The number of para-hydroxylation sites is 1. The number of nitrogens with one attached hydrogen (secondary N) is 1. The Morgan fingerprint density at radius 2 is 1.74 bits per heavy atom. The second kappa shape index (κ2) is 9.42. The van der Waals surface area contributed by atoms with Crippen LogP contribution in [0, 0.1) is 5.82 Å². The van der Waals surface area contributed by atoms with Crippen molar-refractivity contribution in [2.45, 2.75) is 19.2 Å². The lowest BCUT2D eigenvalue weighted by Gasteiger charge is -2.15. The van der Waals surface area contributed by atoms with E-state index in [1.807, 2.05) is 6.07 Å². The molecule has 4 rings (SSSR count). The van der Waals surface area contributed by atoms with Gasteiger partial charge in [-0.15, -0.1) is 0 Å². The SMILES string of the molecule is CC(Oc1ccccc1)C(=O)Nc1nc2ccc(F)cn2c1-c1ccc(OCC(F)(F)F)cc1. The van der Waals surface area contributed by atoms with Crippen molar-refractivity contribution in [1.82, 2.24) is 9.38 Å². The maximum absolute atomic E-state index is 14.0. The van der Waals surface area contributed by atoms with E-state index in [0.29, 0.717) is 22.7 Å². The first-order chi connectivity index (χ1) is 16.2. The third-order valence-electron chi connectivity index (χ3n) is 4.78. The summed E-state index contributed by atoms with van der Waals surface area (Å²) in [6, 6.07) is 17.2. The standard InChI is InChI=1S/C24H19F4N3O3/c1-15(34-19-5-3-2-4-6-19)23(32)30-22-21(31-13-17(25)9-12-20(31)29-22)16-7-10-18(11-8-16)33-14-24(26,27)28/h2-13,15H,14H2,1H3,(H,30,32). The number of aromatic nitrogens is 2. The fraction of sp³-hybridized carbons (Fsp3) is 0.167. The fourth-order valence-corrected chi connectivity index (χ4v) is 3.23. The highest BCUT2D eigenvalue weighted by molar-refractivity contribution is 5.97. The summed E-state index contributed by atoms with van der Waals surface area (Å²) in [4.78, 5) is 17.2. The number of anilines is 1. The van der Waals surface area contributed by atoms with Crippen LogP contribution in [0.4, 0.5) is 23.4 Å². The summed E-state index contributed by atoms with van der Waals surface area (Å²) < 4.78 is 63.0. The minimum Gasteiger partial charge on any atom is -0.484 e. The van der Waals surface area contributed by atoms with E-state index < -0.39 is 30.6 Å². The van der Waals surface area contributed by atoms with Gasteiger partial charge in [0.05, 0.1) is 5.69 Å². The van der Waals surface area contributed by atoms with Gasteiger partial charge in [0.25, 0.3) is 5.91 Å². The molecule has 2 aromatic heterocycles. The number of pyridine rings is 1. The van der Waals surface area contributed by atoms with Gasteiger partial charge in [-0.05, 0) is 55.5 Å². The van der Waals surface area contributed by atoms with Gasteiger partial charge in [0.1, 0.15) is 23.0 Å². The number of rotatable bonds is 7. The molecule has 34 heavy (non-hydrogen) atoms.